The Morgan fingerprint density at radius 1 is 1.12 bits per heavy atom. The Morgan fingerprint density at radius 3 is 2.58 bits per heavy atom. The molecule has 0 radical (unpaired) electrons. The molecule has 0 saturated heterocycles. The van der Waals surface area contributed by atoms with Crippen molar-refractivity contribution in [1.29, 1.82) is 0 Å². The number of halogens is 1. The second-order valence-electron chi connectivity index (χ2n) is 5.59. The number of carbonyl (C=O) groups excluding carboxylic acids is 1. The van der Waals surface area contributed by atoms with Gasteiger partial charge in [-0.3, -0.25) is 4.79 Å². The molecule has 0 aromatic heterocycles. The van der Waals surface area contributed by atoms with Crippen LogP contribution in [0.2, 0.25) is 5.02 Å². The molecule has 0 bridgehead atoms. The SMILES string of the molecule is COc1ccc(CC(=O)NCCOc2ccc(C)c(Cl)c2)cc1C. The van der Waals surface area contributed by atoms with Gasteiger partial charge in [0, 0.05) is 5.02 Å². The second kappa shape index (κ2) is 8.60. The van der Waals surface area contributed by atoms with Crippen LogP contribution < -0.4 is 14.8 Å². The highest BCUT2D eigenvalue weighted by molar-refractivity contribution is 6.31. The Labute approximate surface area is 147 Å². The van der Waals surface area contributed by atoms with Crippen LogP contribution in [0.4, 0.5) is 0 Å². The van der Waals surface area contributed by atoms with Crippen LogP contribution in [0.15, 0.2) is 36.4 Å². The Morgan fingerprint density at radius 2 is 1.92 bits per heavy atom. The Balaban J connectivity index is 1.75. The van der Waals surface area contributed by atoms with Crippen molar-refractivity contribution in [3.63, 3.8) is 0 Å². The van der Waals surface area contributed by atoms with Gasteiger partial charge in [-0.1, -0.05) is 29.8 Å². The topological polar surface area (TPSA) is 47.6 Å². The number of amides is 1. The molecule has 2 aromatic rings. The number of hydrogen-bond donors (Lipinski definition) is 1. The maximum atomic E-state index is 12.0. The maximum absolute atomic E-state index is 12.0. The van der Waals surface area contributed by atoms with E-state index in [0.717, 1.165) is 22.4 Å². The zero-order valence-electron chi connectivity index (χ0n) is 14.2. The van der Waals surface area contributed by atoms with Crippen LogP contribution >= 0.6 is 11.6 Å². The summed E-state index contributed by atoms with van der Waals surface area (Å²) in [7, 11) is 1.63. The summed E-state index contributed by atoms with van der Waals surface area (Å²) in [4.78, 5) is 12.0. The lowest BCUT2D eigenvalue weighted by molar-refractivity contribution is -0.120. The minimum absolute atomic E-state index is 0.0369. The third-order valence-electron chi connectivity index (χ3n) is 3.66. The summed E-state index contributed by atoms with van der Waals surface area (Å²) < 4.78 is 10.8. The molecule has 5 heteroatoms. The molecular formula is C19H22ClNO3. The number of aryl methyl sites for hydroxylation is 2. The highest BCUT2D eigenvalue weighted by Gasteiger charge is 2.06. The van der Waals surface area contributed by atoms with Gasteiger partial charge in [-0.15, -0.1) is 0 Å². The van der Waals surface area contributed by atoms with Crippen LogP contribution in [0, 0.1) is 13.8 Å². The molecule has 1 N–H and O–H groups in total. The molecular weight excluding hydrogens is 326 g/mol. The summed E-state index contributed by atoms with van der Waals surface area (Å²) in [5.41, 5.74) is 2.98. The van der Waals surface area contributed by atoms with Crippen molar-refractivity contribution in [2.75, 3.05) is 20.3 Å². The molecule has 0 aliphatic rings. The van der Waals surface area contributed by atoms with E-state index in [0.29, 0.717) is 30.3 Å². The van der Waals surface area contributed by atoms with Crippen LogP contribution in [-0.4, -0.2) is 26.2 Å². The zero-order chi connectivity index (χ0) is 17.5. The first-order valence-corrected chi connectivity index (χ1v) is 8.16. The van der Waals surface area contributed by atoms with E-state index in [-0.39, 0.29) is 5.91 Å². The summed E-state index contributed by atoms with van der Waals surface area (Å²) in [5, 5.41) is 3.52. The van der Waals surface area contributed by atoms with Crippen molar-refractivity contribution in [3.8, 4) is 11.5 Å². The van der Waals surface area contributed by atoms with Gasteiger partial charge in [0.15, 0.2) is 0 Å². The quantitative estimate of drug-likeness (QED) is 0.777. The second-order valence-corrected chi connectivity index (χ2v) is 6.00. The van der Waals surface area contributed by atoms with Crippen LogP contribution in [0.25, 0.3) is 0 Å². The van der Waals surface area contributed by atoms with E-state index in [9.17, 15) is 4.79 Å². The first-order valence-electron chi connectivity index (χ1n) is 7.79. The number of rotatable bonds is 7. The molecule has 2 aromatic carbocycles. The minimum atomic E-state index is -0.0369. The lowest BCUT2D eigenvalue weighted by Gasteiger charge is -2.10. The average Bonchev–Trinajstić information content (AvgIpc) is 2.55. The van der Waals surface area contributed by atoms with E-state index >= 15 is 0 Å². The normalized spacial score (nSPS) is 10.3. The van der Waals surface area contributed by atoms with E-state index in [1.807, 2.05) is 44.2 Å². The molecule has 0 aliphatic carbocycles. The van der Waals surface area contributed by atoms with E-state index in [1.165, 1.54) is 0 Å². The Hall–Kier alpha value is -2.20. The van der Waals surface area contributed by atoms with E-state index in [2.05, 4.69) is 5.32 Å². The number of methoxy groups -OCH3 is 1. The minimum Gasteiger partial charge on any atom is -0.496 e. The summed E-state index contributed by atoms with van der Waals surface area (Å²) in [6.07, 6.45) is 0.335. The van der Waals surface area contributed by atoms with Crippen LogP contribution in [0.3, 0.4) is 0 Å². The largest absolute Gasteiger partial charge is 0.496 e. The molecule has 0 saturated carbocycles. The van der Waals surface area contributed by atoms with Gasteiger partial charge < -0.3 is 14.8 Å². The van der Waals surface area contributed by atoms with Crippen molar-refractivity contribution in [2.24, 2.45) is 0 Å². The van der Waals surface area contributed by atoms with Crippen LogP contribution in [0.5, 0.6) is 11.5 Å². The van der Waals surface area contributed by atoms with Crippen molar-refractivity contribution < 1.29 is 14.3 Å². The van der Waals surface area contributed by atoms with E-state index in [1.54, 1.807) is 13.2 Å². The fourth-order valence-electron chi connectivity index (χ4n) is 2.32. The van der Waals surface area contributed by atoms with Gasteiger partial charge in [-0.05, 0) is 48.7 Å². The van der Waals surface area contributed by atoms with Gasteiger partial charge in [0.25, 0.3) is 0 Å². The third-order valence-corrected chi connectivity index (χ3v) is 4.07. The third kappa shape index (κ3) is 5.17. The first-order chi connectivity index (χ1) is 11.5. The first kappa shape index (κ1) is 18.1. The molecule has 0 unspecified atom stereocenters. The predicted octanol–water partition coefficient (Wildman–Crippen LogP) is 3.70. The number of ether oxygens (including phenoxy) is 2. The summed E-state index contributed by atoms with van der Waals surface area (Å²) in [5.74, 6) is 1.49. The molecule has 0 atom stereocenters. The van der Waals surface area contributed by atoms with Gasteiger partial charge in [0.1, 0.15) is 18.1 Å². The van der Waals surface area contributed by atoms with Gasteiger partial charge in [-0.25, -0.2) is 0 Å². The molecule has 0 heterocycles. The summed E-state index contributed by atoms with van der Waals surface area (Å²) in [6.45, 7) is 4.74. The molecule has 4 nitrogen and oxygen atoms in total. The van der Waals surface area contributed by atoms with Gasteiger partial charge >= 0.3 is 0 Å². The van der Waals surface area contributed by atoms with Crippen LogP contribution in [-0.2, 0) is 11.2 Å². The molecule has 0 fully saturated rings. The van der Waals surface area contributed by atoms with Gasteiger partial charge in [-0.2, -0.15) is 0 Å². The van der Waals surface area contributed by atoms with Crippen LogP contribution in [0.1, 0.15) is 16.7 Å². The smallest absolute Gasteiger partial charge is 0.224 e. The Bertz CT molecular complexity index is 716. The summed E-state index contributed by atoms with van der Waals surface area (Å²) in [6, 6.07) is 11.3. The van der Waals surface area contributed by atoms with Crippen molar-refractivity contribution in [3.05, 3.63) is 58.1 Å². The molecule has 1 amide bonds. The van der Waals surface area contributed by atoms with Crippen molar-refractivity contribution in [1.82, 2.24) is 5.32 Å². The maximum Gasteiger partial charge on any atom is 0.224 e. The molecule has 2 rings (SSSR count). The molecule has 24 heavy (non-hydrogen) atoms. The molecule has 0 aliphatic heterocycles. The fourth-order valence-corrected chi connectivity index (χ4v) is 2.49. The number of hydrogen-bond acceptors (Lipinski definition) is 3. The Kier molecular flexibility index (Phi) is 6.50. The van der Waals surface area contributed by atoms with E-state index < -0.39 is 0 Å². The molecule has 0 spiro atoms. The monoisotopic (exact) mass is 347 g/mol. The zero-order valence-corrected chi connectivity index (χ0v) is 14.9. The molecule has 128 valence electrons. The van der Waals surface area contributed by atoms with Gasteiger partial charge in [0.2, 0.25) is 5.91 Å². The van der Waals surface area contributed by atoms with Crippen molar-refractivity contribution in [2.45, 2.75) is 20.3 Å². The fraction of sp³-hybridized carbons (Fsp3) is 0.316. The lowest BCUT2D eigenvalue weighted by atomic mass is 10.1. The number of benzene rings is 2. The lowest BCUT2D eigenvalue weighted by Crippen LogP contribution is -2.29. The van der Waals surface area contributed by atoms with Crippen molar-refractivity contribution >= 4 is 17.5 Å². The van der Waals surface area contributed by atoms with E-state index in [4.69, 9.17) is 21.1 Å². The highest BCUT2D eigenvalue weighted by atomic mass is 35.5. The highest BCUT2D eigenvalue weighted by Crippen LogP contribution is 2.21. The number of nitrogens with one attached hydrogen (secondary N) is 1. The average molecular weight is 348 g/mol. The van der Waals surface area contributed by atoms with Gasteiger partial charge in [0.05, 0.1) is 20.1 Å². The predicted molar refractivity (Wildman–Crippen MR) is 96.1 cm³/mol. The standard InChI is InChI=1S/C19H22ClNO3/c1-13-4-6-16(12-17(13)20)24-9-8-21-19(22)11-15-5-7-18(23-3)14(2)10-15/h4-7,10,12H,8-9,11H2,1-3H3,(H,21,22). The summed E-state index contributed by atoms with van der Waals surface area (Å²) >= 11 is 6.04. The number of carbonyl (C=O) groups is 1.